The van der Waals surface area contributed by atoms with E-state index < -0.39 is 17.8 Å². The molecule has 0 aromatic heterocycles. The van der Waals surface area contributed by atoms with Crippen LogP contribution in [0.4, 0.5) is 24.5 Å². The van der Waals surface area contributed by atoms with Gasteiger partial charge in [0.15, 0.2) is 5.78 Å². The van der Waals surface area contributed by atoms with E-state index >= 15 is 0 Å². The van der Waals surface area contributed by atoms with Crippen LogP contribution in [0.2, 0.25) is 0 Å². The molecule has 0 fully saturated rings. The Hall–Kier alpha value is -3.54. The molecule has 1 aliphatic heterocycles. The molecule has 168 valence electrons. The van der Waals surface area contributed by atoms with Crippen molar-refractivity contribution in [2.24, 2.45) is 0 Å². The number of hydrogen-bond donors (Lipinski definition) is 2. The van der Waals surface area contributed by atoms with Gasteiger partial charge in [-0.15, -0.1) is 0 Å². The van der Waals surface area contributed by atoms with Crippen LogP contribution in [0.1, 0.15) is 47.1 Å². The molecular formula is C27H23F3N2O. The van der Waals surface area contributed by atoms with E-state index in [1.807, 2.05) is 43.3 Å². The maximum absolute atomic E-state index is 13.5. The number of carbonyl (C=O) groups is 1. The molecule has 33 heavy (non-hydrogen) atoms. The van der Waals surface area contributed by atoms with Crippen molar-refractivity contribution in [2.75, 3.05) is 10.6 Å². The Morgan fingerprint density at radius 1 is 0.818 bits per heavy atom. The lowest BCUT2D eigenvalue weighted by Crippen LogP contribution is -2.27. The molecule has 5 rings (SSSR count). The van der Waals surface area contributed by atoms with E-state index in [-0.39, 0.29) is 11.7 Å². The third kappa shape index (κ3) is 4.13. The molecule has 1 heterocycles. The molecule has 0 amide bonds. The lowest BCUT2D eigenvalue weighted by Gasteiger charge is -2.30. The SMILES string of the molecule is Cc1ccc([C@@H]2CC(=O)C3=C(C2)Nc2ccccc2N[C@@H]3c2ccc(C(F)(F)F)cc2)cc1. The van der Waals surface area contributed by atoms with Gasteiger partial charge in [-0.1, -0.05) is 54.1 Å². The Morgan fingerprint density at radius 3 is 2.12 bits per heavy atom. The minimum Gasteiger partial charge on any atom is -0.372 e. The van der Waals surface area contributed by atoms with Gasteiger partial charge >= 0.3 is 6.18 Å². The summed E-state index contributed by atoms with van der Waals surface area (Å²) in [4.78, 5) is 13.5. The van der Waals surface area contributed by atoms with Crippen molar-refractivity contribution < 1.29 is 18.0 Å². The fourth-order valence-electron chi connectivity index (χ4n) is 4.68. The zero-order valence-electron chi connectivity index (χ0n) is 18.0. The summed E-state index contributed by atoms with van der Waals surface area (Å²) in [5.74, 6) is 0.0439. The van der Waals surface area contributed by atoms with E-state index in [1.54, 1.807) is 0 Å². The van der Waals surface area contributed by atoms with Gasteiger partial charge in [-0.05, 0) is 54.7 Å². The third-order valence-electron chi connectivity index (χ3n) is 6.43. The Kier molecular flexibility index (Phi) is 5.23. The molecule has 0 radical (unpaired) electrons. The van der Waals surface area contributed by atoms with Gasteiger partial charge in [-0.25, -0.2) is 0 Å². The van der Waals surface area contributed by atoms with E-state index in [9.17, 15) is 18.0 Å². The van der Waals surface area contributed by atoms with Crippen LogP contribution >= 0.6 is 0 Å². The van der Waals surface area contributed by atoms with Crippen LogP contribution in [0.5, 0.6) is 0 Å². The second kappa shape index (κ2) is 8.10. The van der Waals surface area contributed by atoms with E-state index in [0.717, 1.165) is 40.3 Å². The molecule has 6 heteroatoms. The predicted molar refractivity (Wildman–Crippen MR) is 123 cm³/mol. The molecule has 3 aromatic rings. The van der Waals surface area contributed by atoms with Gasteiger partial charge < -0.3 is 10.6 Å². The highest BCUT2D eigenvalue weighted by Crippen LogP contribution is 2.44. The number of anilines is 2. The number of benzene rings is 3. The summed E-state index contributed by atoms with van der Waals surface area (Å²) in [6.07, 6.45) is -3.40. The lowest BCUT2D eigenvalue weighted by molar-refractivity contribution is -0.137. The normalized spacial score (nSPS) is 20.3. The maximum Gasteiger partial charge on any atom is 0.416 e. The number of ketones is 1. The predicted octanol–water partition coefficient (Wildman–Crippen LogP) is 6.99. The number of Topliss-reactive ketones (excluding diaryl/α,β-unsaturated/α-hetero) is 1. The molecule has 3 aromatic carbocycles. The maximum atomic E-state index is 13.5. The van der Waals surface area contributed by atoms with Crippen molar-refractivity contribution in [1.82, 2.24) is 0 Å². The summed E-state index contributed by atoms with van der Waals surface area (Å²) < 4.78 is 39.3. The van der Waals surface area contributed by atoms with Crippen LogP contribution < -0.4 is 10.6 Å². The minimum atomic E-state index is -4.41. The average molecular weight is 448 g/mol. The molecule has 3 nitrogen and oxygen atoms in total. The highest BCUT2D eigenvalue weighted by Gasteiger charge is 2.36. The van der Waals surface area contributed by atoms with Crippen molar-refractivity contribution in [3.8, 4) is 0 Å². The van der Waals surface area contributed by atoms with Crippen LogP contribution in [-0.2, 0) is 11.0 Å². The second-order valence-electron chi connectivity index (χ2n) is 8.70. The molecule has 1 aliphatic carbocycles. The number of allylic oxidation sites excluding steroid dienone is 1. The van der Waals surface area contributed by atoms with Crippen molar-refractivity contribution in [3.05, 3.63) is 106 Å². The van der Waals surface area contributed by atoms with Gasteiger partial charge in [-0.3, -0.25) is 4.79 Å². The Morgan fingerprint density at radius 2 is 1.45 bits per heavy atom. The van der Waals surface area contributed by atoms with Crippen LogP contribution in [0.3, 0.4) is 0 Å². The number of aryl methyl sites for hydroxylation is 1. The molecule has 0 spiro atoms. The smallest absolute Gasteiger partial charge is 0.372 e. The first-order chi connectivity index (χ1) is 15.8. The molecule has 2 N–H and O–H groups in total. The molecule has 2 aliphatic rings. The summed E-state index contributed by atoms with van der Waals surface area (Å²) in [5, 5.41) is 6.86. The topological polar surface area (TPSA) is 41.1 Å². The number of fused-ring (bicyclic) bond motifs is 1. The van der Waals surface area contributed by atoms with Crippen molar-refractivity contribution in [2.45, 2.75) is 37.9 Å². The van der Waals surface area contributed by atoms with E-state index in [1.165, 1.54) is 12.1 Å². The average Bonchev–Trinajstić information content (AvgIpc) is 2.96. The van der Waals surface area contributed by atoms with E-state index in [0.29, 0.717) is 24.0 Å². The van der Waals surface area contributed by atoms with Crippen LogP contribution in [0, 0.1) is 6.92 Å². The van der Waals surface area contributed by atoms with Crippen LogP contribution in [0.15, 0.2) is 84.1 Å². The summed E-state index contributed by atoms with van der Waals surface area (Å²) >= 11 is 0. The van der Waals surface area contributed by atoms with Crippen LogP contribution in [0.25, 0.3) is 0 Å². The van der Waals surface area contributed by atoms with E-state index in [4.69, 9.17) is 0 Å². The first-order valence-corrected chi connectivity index (χ1v) is 10.9. The molecule has 2 atom stereocenters. The van der Waals surface area contributed by atoms with Gasteiger partial charge in [0.1, 0.15) is 0 Å². The fourth-order valence-corrected chi connectivity index (χ4v) is 4.68. The van der Waals surface area contributed by atoms with Crippen molar-refractivity contribution in [1.29, 1.82) is 0 Å². The lowest BCUT2D eigenvalue weighted by atomic mass is 9.78. The molecule has 0 saturated heterocycles. The number of nitrogens with one attached hydrogen (secondary N) is 2. The number of rotatable bonds is 2. The number of hydrogen-bond acceptors (Lipinski definition) is 3. The third-order valence-corrected chi connectivity index (χ3v) is 6.43. The summed E-state index contributed by atoms with van der Waals surface area (Å²) in [7, 11) is 0. The number of halogens is 3. The first-order valence-electron chi connectivity index (χ1n) is 10.9. The Labute approximate surface area is 190 Å². The zero-order chi connectivity index (χ0) is 23.2. The van der Waals surface area contributed by atoms with Gasteiger partial charge in [-0.2, -0.15) is 13.2 Å². The fraction of sp³-hybridized carbons (Fsp3) is 0.222. The van der Waals surface area contributed by atoms with E-state index in [2.05, 4.69) is 22.8 Å². The van der Waals surface area contributed by atoms with Crippen LogP contribution in [-0.4, -0.2) is 5.78 Å². The van der Waals surface area contributed by atoms with Crippen molar-refractivity contribution >= 4 is 17.2 Å². The molecule has 0 saturated carbocycles. The van der Waals surface area contributed by atoms with Gasteiger partial charge in [0, 0.05) is 17.7 Å². The first kappa shape index (κ1) is 21.3. The molecular weight excluding hydrogens is 425 g/mol. The summed E-state index contributed by atoms with van der Waals surface area (Å²) in [6, 6.07) is 20.4. The van der Waals surface area contributed by atoms with Crippen molar-refractivity contribution in [3.63, 3.8) is 0 Å². The second-order valence-corrected chi connectivity index (χ2v) is 8.70. The largest absolute Gasteiger partial charge is 0.416 e. The standard InChI is InChI=1S/C27H23F3N2O/c1-16-6-8-17(9-7-16)19-14-23-25(24(33)15-19)26(32-22-5-3-2-4-21(22)31-23)18-10-12-20(13-11-18)27(28,29)30/h2-13,19,26,31-32H,14-15H2,1H3/t19-,26+/m0/s1. The molecule has 0 bridgehead atoms. The number of alkyl halides is 3. The highest BCUT2D eigenvalue weighted by atomic mass is 19.4. The summed E-state index contributed by atoms with van der Waals surface area (Å²) in [5.41, 5.74) is 5.24. The van der Waals surface area contributed by atoms with Gasteiger partial charge in [0.05, 0.1) is 23.0 Å². The number of para-hydroxylation sites is 2. The Bertz CT molecular complexity index is 1230. The van der Waals surface area contributed by atoms with Gasteiger partial charge in [0.25, 0.3) is 0 Å². The summed E-state index contributed by atoms with van der Waals surface area (Å²) in [6.45, 7) is 2.03. The zero-order valence-corrected chi connectivity index (χ0v) is 18.0. The molecule has 0 unspecified atom stereocenters. The quantitative estimate of drug-likeness (QED) is 0.444. The Balaban J connectivity index is 1.57. The monoisotopic (exact) mass is 448 g/mol. The number of carbonyl (C=O) groups excluding carboxylic acids is 1. The highest BCUT2D eigenvalue weighted by molar-refractivity contribution is 6.01. The van der Waals surface area contributed by atoms with Gasteiger partial charge in [0.2, 0.25) is 0 Å². The minimum absolute atomic E-state index is 0.000436.